The van der Waals surface area contributed by atoms with Crippen LogP contribution in [0.25, 0.3) is 0 Å². The van der Waals surface area contributed by atoms with Crippen LogP contribution in [0.3, 0.4) is 0 Å². The SMILES string of the molecule is CCCCC(CC)CC(NC)c1cc(C)n(C)n1. The molecule has 1 aromatic rings. The van der Waals surface area contributed by atoms with Gasteiger partial charge < -0.3 is 5.32 Å². The molecule has 18 heavy (non-hydrogen) atoms. The lowest BCUT2D eigenvalue weighted by molar-refractivity contribution is 0.360. The first-order valence-corrected chi connectivity index (χ1v) is 7.30. The molecule has 3 nitrogen and oxygen atoms in total. The van der Waals surface area contributed by atoms with Gasteiger partial charge in [0.05, 0.1) is 11.7 Å². The number of rotatable bonds is 8. The minimum atomic E-state index is 0.395. The molecule has 1 aromatic heterocycles. The molecule has 0 aromatic carbocycles. The van der Waals surface area contributed by atoms with Crippen LogP contribution in [-0.4, -0.2) is 16.8 Å². The largest absolute Gasteiger partial charge is 0.312 e. The smallest absolute Gasteiger partial charge is 0.0796 e. The number of nitrogens with zero attached hydrogens (tertiary/aromatic N) is 2. The van der Waals surface area contributed by atoms with E-state index in [-0.39, 0.29) is 0 Å². The number of aryl methyl sites for hydroxylation is 2. The molecule has 1 rings (SSSR count). The third-order valence-corrected chi connectivity index (χ3v) is 3.95. The highest BCUT2D eigenvalue weighted by molar-refractivity contribution is 5.12. The van der Waals surface area contributed by atoms with Gasteiger partial charge in [-0.15, -0.1) is 0 Å². The molecule has 0 spiro atoms. The molecule has 0 saturated heterocycles. The van der Waals surface area contributed by atoms with Gasteiger partial charge in [0.25, 0.3) is 0 Å². The minimum absolute atomic E-state index is 0.395. The summed E-state index contributed by atoms with van der Waals surface area (Å²) in [6, 6.07) is 2.60. The van der Waals surface area contributed by atoms with Crippen LogP contribution >= 0.6 is 0 Å². The quantitative estimate of drug-likeness (QED) is 0.765. The minimum Gasteiger partial charge on any atom is -0.312 e. The zero-order valence-corrected chi connectivity index (χ0v) is 12.7. The summed E-state index contributed by atoms with van der Waals surface area (Å²) >= 11 is 0. The molecule has 0 aliphatic rings. The molecule has 0 amide bonds. The summed E-state index contributed by atoms with van der Waals surface area (Å²) in [6.45, 7) is 6.68. The molecule has 0 fully saturated rings. The summed E-state index contributed by atoms with van der Waals surface area (Å²) in [5.74, 6) is 0.810. The molecule has 1 heterocycles. The molecule has 3 heteroatoms. The van der Waals surface area contributed by atoms with Crippen LogP contribution in [0.15, 0.2) is 6.07 Å². The van der Waals surface area contributed by atoms with Crippen LogP contribution in [0.5, 0.6) is 0 Å². The molecule has 0 aliphatic carbocycles. The number of nitrogens with one attached hydrogen (secondary N) is 1. The predicted molar refractivity (Wildman–Crippen MR) is 77.7 cm³/mol. The van der Waals surface area contributed by atoms with Crippen molar-refractivity contribution in [2.75, 3.05) is 7.05 Å². The summed E-state index contributed by atoms with van der Waals surface area (Å²) in [7, 11) is 4.06. The van der Waals surface area contributed by atoms with Gasteiger partial charge in [-0.05, 0) is 32.4 Å². The van der Waals surface area contributed by atoms with Crippen LogP contribution in [-0.2, 0) is 7.05 Å². The second-order valence-corrected chi connectivity index (χ2v) is 5.33. The Kier molecular flexibility index (Phi) is 6.41. The first-order valence-electron chi connectivity index (χ1n) is 7.30. The maximum absolute atomic E-state index is 4.60. The first-order chi connectivity index (χ1) is 8.62. The van der Waals surface area contributed by atoms with Crippen molar-refractivity contribution in [1.82, 2.24) is 15.1 Å². The van der Waals surface area contributed by atoms with Gasteiger partial charge in [-0.1, -0.05) is 39.5 Å². The van der Waals surface area contributed by atoms with Crippen molar-refractivity contribution >= 4 is 0 Å². The maximum Gasteiger partial charge on any atom is 0.0796 e. The number of unbranched alkanes of at least 4 members (excludes halogenated alkanes) is 1. The number of hydrogen-bond acceptors (Lipinski definition) is 2. The molecule has 104 valence electrons. The van der Waals surface area contributed by atoms with E-state index in [0.29, 0.717) is 6.04 Å². The average molecular weight is 251 g/mol. The Hall–Kier alpha value is -0.830. The van der Waals surface area contributed by atoms with E-state index in [1.54, 1.807) is 0 Å². The predicted octanol–water partition coefficient (Wildman–Crippen LogP) is 3.60. The highest BCUT2D eigenvalue weighted by Gasteiger charge is 2.18. The Bertz CT molecular complexity index is 324. The summed E-state index contributed by atoms with van der Waals surface area (Å²) in [6.07, 6.45) is 6.45. The molecule has 0 radical (unpaired) electrons. The van der Waals surface area contributed by atoms with E-state index < -0.39 is 0 Å². The van der Waals surface area contributed by atoms with Gasteiger partial charge in [0, 0.05) is 12.7 Å². The van der Waals surface area contributed by atoms with E-state index in [2.05, 4.69) is 37.3 Å². The van der Waals surface area contributed by atoms with Crippen molar-refractivity contribution < 1.29 is 0 Å². The van der Waals surface area contributed by atoms with Gasteiger partial charge >= 0.3 is 0 Å². The highest BCUT2D eigenvalue weighted by atomic mass is 15.3. The highest BCUT2D eigenvalue weighted by Crippen LogP contribution is 2.26. The zero-order valence-electron chi connectivity index (χ0n) is 12.7. The van der Waals surface area contributed by atoms with Gasteiger partial charge in [0.15, 0.2) is 0 Å². The van der Waals surface area contributed by atoms with Crippen molar-refractivity contribution in [3.8, 4) is 0 Å². The van der Waals surface area contributed by atoms with Crippen molar-refractivity contribution in [3.05, 3.63) is 17.5 Å². The van der Waals surface area contributed by atoms with Crippen molar-refractivity contribution in [2.45, 2.75) is 58.9 Å². The van der Waals surface area contributed by atoms with Crippen molar-refractivity contribution in [1.29, 1.82) is 0 Å². The molecule has 1 N–H and O–H groups in total. The van der Waals surface area contributed by atoms with Crippen LogP contribution in [0.4, 0.5) is 0 Å². The van der Waals surface area contributed by atoms with Gasteiger partial charge in [0.1, 0.15) is 0 Å². The molecule has 0 saturated carbocycles. The number of hydrogen-bond donors (Lipinski definition) is 1. The van der Waals surface area contributed by atoms with E-state index in [9.17, 15) is 0 Å². The van der Waals surface area contributed by atoms with Gasteiger partial charge in [-0.2, -0.15) is 5.10 Å². The van der Waals surface area contributed by atoms with Gasteiger partial charge in [0.2, 0.25) is 0 Å². The fraction of sp³-hybridized carbons (Fsp3) is 0.800. The third kappa shape index (κ3) is 4.13. The van der Waals surface area contributed by atoms with Crippen LogP contribution in [0, 0.1) is 12.8 Å². The standard InChI is InChI=1S/C15H29N3/c1-6-8-9-13(7-2)11-14(16-4)15-10-12(3)18(5)17-15/h10,13-14,16H,6-9,11H2,1-5H3. The van der Waals surface area contributed by atoms with E-state index in [0.717, 1.165) is 5.92 Å². The monoisotopic (exact) mass is 251 g/mol. The zero-order chi connectivity index (χ0) is 13.5. The molecular weight excluding hydrogens is 222 g/mol. The first kappa shape index (κ1) is 15.2. The second kappa shape index (κ2) is 7.57. The molecule has 0 bridgehead atoms. The topological polar surface area (TPSA) is 29.9 Å². The molecule has 2 unspecified atom stereocenters. The fourth-order valence-corrected chi connectivity index (χ4v) is 2.46. The summed E-state index contributed by atoms with van der Waals surface area (Å²) < 4.78 is 1.96. The van der Waals surface area contributed by atoms with Gasteiger partial charge in [-0.3, -0.25) is 4.68 Å². The van der Waals surface area contributed by atoms with E-state index >= 15 is 0 Å². The Morgan fingerprint density at radius 1 is 1.39 bits per heavy atom. The van der Waals surface area contributed by atoms with Crippen molar-refractivity contribution in [3.63, 3.8) is 0 Å². The van der Waals surface area contributed by atoms with Crippen LogP contribution in [0.2, 0.25) is 0 Å². The molecular formula is C15H29N3. The molecule has 0 aliphatic heterocycles. The van der Waals surface area contributed by atoms with Crippen LogP contribution < -0.4 is 5.32 Å². The second-order valence-electron chi connectivity index (χ2n) is 5.33. The fourth-order valence-electron chi connectivity index (χ4n) is 2.46. The lowest BCUT2D eigenvalue weighted by Gasteiger charge is -2.21. The Morgan fingerprint density at radius 2 is 2.11 bits per heavy atom. The summed E-state index contributed by atoms with van der Waals surface area (Å²) in [5, 5.41) is 8.03. The number of aromatic nitrogens is 2. The van der Waals surface area contributed by atoms with E-state index in [1.165, 1.54) is 43.5 Å². The average Bonchev–Trinajstić information content (AvgIpc) is 2.70. The van der Waals surface area contributed by atoms with Crippen molar-refractivity contribution in [2.24, 2.45) is 13.0 Å². The van der Waals surface area contributed by atoms with Gasteiger partial charge in [-0.25, -0.2) is 0 Å². The Morgan fingerprint density at radius 3 is 2.56 bits per heavy atom. The Balaban J connectivity index is 2.65. The summed E-state index contributed by atoms with van der Waals surface area (Å²) in [4.78, 5) is 0. The maximum atomic E-state index is 4.60. The van der Waals surface area contributed by atoms with Crippen LogP contribution in [0.1, 0.15) is 63.4 Å². The lowest BCUT2D eigenvalue weighted by Crippen LogP contribution is -2.20. The lowest BCUT2D eigenvalue weighted by atomic mass is 9.91. The van der Waals surface area contributed by atoms with E-state index in [4.69, 9.17) is 0 Å². The molecule has 2 atom stereocenters. The normalized spacial score (nSPS) is 14.7. The third-order valence-electron chi connectivity index (χ3n) is 3.95. The Labute approximate surface area is 112 Å². The summed E-state index contributed by atoms with van der Waals surface area (Å²) in [5.41, 5.74) is 2.42. The van der Waals surface area contributed by atoms with E-state index in [1.807, 2.05) is 18.8 Å².